The average Bonchev–Trinajstić information content (AvgIpc) is 2.88. The molecule has 0 radical (unpaired) electrons. The minimum Gasteiger partial charge on any atom is -0.377 e. The molecule has 0 bridgehead atoms. The SMILES string of the molecule is CCCCC(C)OCCNCCCN1CCCC1. The minimum absolute atomic E-state index is 0.427. The largest absolute Gasteiger partial charge is 0.377 e. The van der Waals surface area contributed by atoms with Gasteiger partial charge in [-0.2, -0.15) is 0 Å². The van der Waals surface area contributed by atoms with Crippen LogP contribution in [0.3, 0.4) is 0 Å². The van der Waals surface area contributed by atoms with Gasteiger partial charge in [0.1, 0.15) is 0 Å². The van der Waals surface area contributed by atoms with Gasteiger partial charge in [0.25, 0.3) is 0 Å². The quantitative estimate of drug-likeness (QED) is 0.575. The summed E-state index contributed by atoms with van der Waals surface area (Å²) in [6.07, 6.45) is 8.24. The Morgan fingerprint density at radius 2 is 1.94 bits per heavy atom. The highest BCUT2D eigenvalue weighted by Crippen LogP contribution is 2.06. The first-order valence-corrected chi connectivity index (χ1v) is 7.87. The van der Waals surface area contributed by atoms with Crippen LogP contribution in [0.1, 0.15) is 52.4 Å². The molecule has 1 heterocycles. The lowest BCUT2D eigenvalue weighted by Crippen LogP contribution is -2.27. The number of rotatable bonds is 11. The predicted molar refractivity (Wildman–Crippen MR) is 78.1 cm³/mol. The molecule has 0 aliphatic carbocycles. The molecule has 1 aliphatic rings. The normalized spacial score (nSPS) is 18.3. The second-order valence-corrected chi connectivity index (χ2v) is 5.48. The summed E-state index contributed by atoms with van der Waals surface area (Å²) < 4.78 is 5.75. The van der Waals surface area contributed by atoms with Crippen molar-refractivity contribution in [3.05, 3.63) is 0 Å². The van der Waals surface area contributed by atoms with E-state index in [9.17, 15) is 0 Å². The van der Waals surface area contributed by atoms with Crippen molar-refractivity contribution in [2.45, 2.75) is 58.5 Å². The highest BCUT2D eigenvalue weighted by Gasteiger charge is 2.09. The van der Waals surface area contributed by atoms with Gasteiger partial charge in [-0.15, -0.1) is 0 Å². The molecule has 1 saturated heterocycles. The summed E-state index contributed by atoms with van der Waals surface area (Å²) in [5, 5.41) is 3.47. The lowest BCUT2D eigenvalue weighted by atomic mass is 10.2. The molecule has 1 N–H and O–H groups in total. The molecule has 108 valence electrons. The number of ether oxygens (including phenoxy) is 1. The fourth-order valence-corrected chi connectivity index (χ4v) is 2.47. The average molecular weight is 256 g/mol. The third-order valence-electron chi connectivity index (χ3n) is 3.67. The summed E-state index contributed by atoms with van der Waals surface area (Å²) in [6.45, 7) is 11.3. The Morgan fingerprint density at radius 3 is 2.67 bits per heavy atom. The van der Waals surface area contributed by atoms with Gasteiger partial charge in [-0.3, -0.25) is 0 Å². The zero-order valence-corrected chi connectivity index (χ0v) is 12.4. The van der Waals surface area contributed by atoms with E-state index in [0.29, 0.717) is 6.10 Å². The molecule has 0 saturated carbocycles. The summed E-state index contributed by atoms with van der Waals surface area (Å²) in [5.41, 5.74) is 0. The molecule has 1 atom stereocenters. The molecule has 1 rings (SSSR count). The molecule has 1 unspecified atom stereocenters. The van der Waals surface area contributed by atoms with Crippen molar-refractivity contribution in [1.29, 1.82) is 0 Å². The Balaban J connectivity index is 1.77. The van der Waals surface area contributed by atoms with Crippen LogP contribution in [-0.4, -0.2) is 50.3 Å². The van der Waals surface area contributed by atoms with Crippen LogP contribution >= 0.6 is 0 Å². The number of hydrogen-bond donors (Lipinski definition) is 1. The Labute approximate surface area is 113 Å². The summed E-state index contributed by atoms with van der Waals surface area (Å²) in [5.74, 6) is 0. The second kappa shape index (κ2) is 10.8. The van der Waals surface area contributed by atoms with E-state index in [4.69, 9.17) is 4.74 Å². The highest BCUT2D eigenvalue weighted by molar-refractivity contribution is 4.66. The molecule has 3 nitrogen and oxygen atoms in total. The van der Waals surface area contributed by atoms with Gasteiger partial charge in [0, 0.05) is 6.54 Å². The number of hydrogen-bond acceptors (Lipinski definition) is 3. The fraction of sp³-hybridized carbons (Fsp3) is 1.00. The Morgan fingerprint density at radius 1 is 1.17 bits per heavy atom. The molecular formula is C15H32N2O. The summed E-state index contributed by atoms with van der Waals surface area (Å²) in [4.78, 5) is 2.57. The molecule has 0 amide bonds. The maximum Gasteiger partial charge on any atom is 0.0594 e. The second-order valence-electron chi connectivity index (χ2n) is 5.48. The van der Waals surface area contributed by atoms with Crippen LogP contribution in [0.5, 0.6) is 0 Å². The van der Waals surface area contributed by atoms with E-state index in [-0.39, 0.29) is 0 Å². The summed E-state index contributed by atoms with van der Waals surface area (Å²) in [7, 11) is 0. The zero-order chi connectivity index (χ0) is 13.1. The lowest BCUT2D eigenvalue weighted by Gasteiger charge is -2.15. The molecule has 0 aromatic carbocycles. The van der Waals surface area contributed by atoms with Crippen molar-refractivity contribution in [2.24, 2.45) is 0 Å². The van der Waals surface area contributed by atoms with Gasteiger partial charge in [-0.1, -0.05) is 19.8 Å². The van der Waals surface area contributed by atoms with Crippen LogP contribution in [0, 0.1) is 0 Å². The van der Waals surface area contributed by atoms with Gasteiger partial charge in [0.2, 0.25) is 0 Å². The standard InChI is InChI=1S/C15H32N2O/c1-3-4-8-15(2)18-14-10-16-9-7-13-17-11-5-6-12-17/h15-16H,3-14H2,1-2H3. The van der Waals surface area contributed by atoms with Crippen LogP contribution in [-0.2, 0) is 4.74 Å². The molecule has 0 aromatic heterocycles. The molecule has 0 spiro atoms. The van der Waals surface area contributed by atoms with Crippen LogP contribution < -0.4 is 5.32 Å². The summed E-state index contributed by atoms with van der Waals surface area (Å²) in [6, 6.07) is 0. The zero-order valence-electron chi connectivity index (χ0n) is 12.4. The fourth-order valence-electron chi connectivity index (χ4n) is 2.47. The van der Waals surface area contributed by atoms with Gasteiger partial charge >= 0.3 is 0 Å². The van der Waals surface area contributed by atoms with E-state index in [1.807, 2.05) is 0 Å². The summed E-state index contributed by atoms with van der Waals surface area (Å²) >= 11 is 0. The molecule has 3 heteroatoms. The van der Waals surface area contributed by atoms with Crippen molar-refractivity contribution < 1.29 is 4.74 Å². The topological polar surface area (TPSA) is 24.5 Å². The van der Waals surface area contributed by atoms with E-state index in [1.165, 1.54) is 58.2 Å². The number of unbranched alkanes of at least 4 members (excludes halogenated alkanes) is 1. The maximum atomic E-state index is 5.75. The minimum atomic E-state index is 0.427. The third kappa shape index (κ3) is 8.06. The van der Waals surface area contributed by atoms with E-state index in [2.05, 4.69) is 24.1 Å². The number of nitrogens with one attached hydrogen (secondary N) is 1. The van der Waals surface area contributed by atoms with Gasteiger partial charge < -0.3 is 15.0 Å². The van der Waals surface area contributed by atoms with Crippen LogP contribution in [0.4, 0.5) is 0 Å². The van der Waals surface area contributed by atoms with Crippen molar-refractivity contribution >= 4 is 0 Å². The van der Waals surface area contributed by atoms with Crippen molar-refractivity contribution in [3.63, 3.8) is 0 Å². The Hall–Kier alpha value is -0.120. The number of nitrogens with zero attached hydrogens (tertiary/aromatic N) is 1. The van der Waals surface area contributed by atoms with Crippen LogP contribution in [0.25, 0.3) is 0 Å². The Kier molecular flexibility index (Phi) is 9.54. The van der Waals surface area contributed by atoms with Gasteiger partial charge in [-0.05, 0) is 58.8 Å². The molecule has 1 aliphatic heterocycles. The van der Waals surface area contributed by atoms with Crippen LogP contribution in [0.15, 0.2) is 0 Å². The van der Waals surface area contributed by atoms with E-state index >= 15 is 0 Å². The van der Waals surface area contributed by atoms with Crippen LogP contribution in [0.2, 0.25) is 0 Å². The first-order valence-electron chi connectivity index (χ1n) is 7.87. The monoisotopic (exact) mass is 256 g/mol. The maximum absolute atomic E-state index is 5.75. The van der Waals surface area contributed by atoms with Gasteiger partial charge in [0.05, 0.1) is 12.7 Å². The predicted octanol–water partition coefficient (Wildman–Crippen LogP) is 2.66. The molecule has 18 heavy (non-hydrogen) atoms. The van der Waals surface area contributed by atoms with E-state index in [1.54, 1.807) is 0 Å². The van der Waals surface area contributed by atoms with Gasteiger partial charge in [0.15, 0.2) is 0 Å². The molecular weight excluding hydrogens is 224 g/mol. The molecule has 0 aromatic rings. The van der Waals surface area contributed by atoms with E-state index < -0.39 is 0 Å². The van der Waals surface area contributed by atoms with Crippen molar-refractivity contribution in [2.75, 3.05) is 39.3 Å². The van der Waals surface area contributed by atoms with Crippen molar-refractivity contribution in [1.82, 2.24) is 10.2 Å². The molecule has 1 fully saturated rings. The van der Waals surface area contributed by atoms with Gasteiger partial charge in [-0.25, -0.2) is 0 Å². The van der Waals surface area contributed by atoms with Crippen molar-refractivity contribution in [3.8, 4) is 0 Å². The highest BCUT2D eigenvalue weighted by atomic mass is 16.5. The first-order chi connectivity index (χ1) is 8.83. The third-order valence-corrected chi connectivity index (χ3v) is 3.67. The lowest BCUT2D eigenvalue weighted by molar-refractivity contribution is 0.0607. The smallest absolute Gasteiger partial charge is 0.0594 e. The van der Waals surface area contributed by atoms with E-state index in [0.717, 1.165) is 19.7 Å². The first kappa shape index (κ1) is 15.9. The Bertz CT molecular complexity index is 181. The number of likely N-dealkylation sites (tertiary alicyclic amines) is 1.